The maximum Gasteiger partial charge on any atom is 0.146 e. The lowest BCUT2D eigenvalue weighted by atomic mass is 10.0. The van der Waals surface area contributed by atoms with E-state index in [0.29, 0.717) is 16.7 Å². The first-order valence-electron chi connectivity index (χ1n) is 7.24. The van der Waals surface area contributed by atoms with Gasteiger partial charge in [0.1, 0.15) is 12.4 Å². The summed E-state index contributed by atoms with van der Waals surface area (Å²) in [4.78, 5) is 0. The Kier molecular flexibility index (Phi) is 4.72. The van der Waals surface area contributed by atoms with Crippen molar-refractivity contribution in [1.82, 2.24) is 5.32 Å². The predicted octanol–water partition coefficient (Wildman–Crippen LogP) is 5.12. The van der Waals surface area contributed by atoms with Gasteiger partial charge >= 0.3 is 0 Å². The zero-order chi connectivity index (χ0) is 15.5. The average molecular weight is 334 g/mol. The van der Waals surface area contributed by atoms with E-state index in [1.807, 2.05) is 12.1 Å². The average Bonchev–Trinajstić information content (AvgIpc) is 2.53. The predicted molar refractivity (Wildman–Crippen MR) is 92.8 cm³/mol. The van der Waals surface area contributed by atoms with Gasteiger partial charge in [-0.1, -0.05) is 53.5 Å². The Bertz CT molecular complexity index is 698. The van der Waals surface area contributed by atoms with Gasteiger partial charge in [0.15, 0.2) is 0 Å². The Morgan fingerprint density at radius 2 is 1.95 bits per heavy atom. The molecule has 4 heteroatoms. The molecule has 1 unspecified atom stereocenters. The van der Waals surface area contributed by atoms with Gasteiger partial charge < -0.3 is 10.1 Å². The summed E-state index contributed by atoms with van der Waals surface area (Å²) in [5.41, 5.74) is 3.39. The van der Waals surface area contributed by atoms with Gasteiger partial charge in [-0.25, -0.2) is 0 Å². The third kappa shape index (κ3) is 3.30. The van der Waals surface area contributed by atoms with Gasteiger partial charge in [0, 0.05) is 23.2 Å². The van der Waals surface area contributed by atoms with Crippen LogP contribution in [-0.2, 0) is 0 Å². The van der Waals surface area contributed by atoms with Crippen LogP contribution in [0.5, 0.6) is 5.75 Å². The molecule has 0 saturated heterocycles. The second-order valence-electron chi connectivity index (χ2n) is 5.32. The first kappa shape index (κ1) is 15.4. The smallest absolute Gasteiger partial charge is 0.146 e. The van der Waals surface area contributed by atoms with Crippen LogP contribution in [0.25, 0.3) is 5.57 Å². The van der Waals surface area contributed by atoms with Crippen molar-refractivity contribution < 1.29 is 4.74 Å². The van der Waals surface area contributed by atoms with Crippen molar-refractivity contribution in [1.29, 1.82) is 0 Å². The first-order chi connectivity index (χ1) is 10.6. The van der Waals surface area contributed by atoms with Crippen molar-refractivity contribution in [3.63, 3.8) is 0 Å². The van der Waals surface area contributed by atoms with Gasteiger partial charge in [-0.2, -0.15) is 0 Å². The molecule has 1 N–H and O–H groups in total. The second kappa shape index (κ2) is 6.74. The quantitative estimate of drug-likeness (QED) is 0.838. The van der Waals surface area contributed by atoms with Crippen molar-refractivity contribution in [2.75, 3.05) is 13.2 Å². The van der Waals surface area contributed by atoms with Gasteiger partial charge in [-0.05, 0) is 36.3 Å². The van der Waals surface area contributed by atoms with Crippen LogP contribution in [0.1, 0.15) is 24.1 Å². The van der Waals surface area contributed by atoms with E-state index < -0.39 is 0 Å². The summed E-state index contributed by atoms with van der Waals surface area (Å²) in [5.74, 6) is 0.720. The number of halogens is 2. The molecule has 2 nitrogen and oxygen atoms in total. The summed E-state index contributed by atoms with van der Waals surface area (Å²) in [7, 11) is 0. The van der Waals surface area contributed by atoms with Crippen LogP contribution in [0.3, 0.4) is 0 Å². The minimum absolute atomic E-state index is 0.267. The maximum absolute atomic E-state index is 6.21. The molecule has 1 aliphatic heterocycles. The topological polar surface area (TPSA) is 21.3 Å². The van der Waals surface area contributed by atoms with E-state index in [9.17, 15) is 0 Å². The van der Waals surface area contributed by atoms with Crippen LogP contribution in [0, 0.1) is 0 Å². The Morgan fingerprint density at radius 3 is 2.73 bits per heavy atom. The number of hydrogen-bond donors (Lipinski definition) is 1. The lowest BCUT2D eigenvalue weighted by Gasteiger charge is -2.22. The molecule has 0 saturated carbocycles. The van der Waals surface area contributed by atoms with Crippen LogP contribution < -0.4 is 10.1 Å². The highest BCUT2D eigenvalue weighted by Gasteiger charge is 2.18. The molecule has 22 heavy (non-hydrogen) atoms. The third-order valence-corrected chi connectivity index (χ3v) is 4.31. The Hall–Kier alpha value is -1.48. The summed E-state index contributed by atoms with van der Waals surface area (Å²) >= 11 is 12.3. The lowest BCUT2D eigenvalue weighted by Crippen LogP contribution is -2.22. The Labute approximate surface area is 140 Å². The fraction of sp³-hybridized carbons (Fsp3) is 0.222. The number of hydrogen-bond acceptors (Lipinski definition) is 2. The molecule has 2 aromatic rings. The molecular formula is C18H17Cl2NO. The number of rotatable bonds is 4. The molecule has 0 bridgehead atoms. The Balaban J connectivity index is 1.76. The molecule has 0 radical (unpaired) electrons. The van der Waals surface area contributed by atoms with E-state index >= 15 is 0 Å². The third-order valence-electron chi connectivity index (χ3n) is 3.81. The highest BCUT2D eigenvalue weighted by atomic mass is 35.5. The standard InChI is InChI=1S/C18H17Cl2NO/c1-12(13-5-3-2-4-6-13)21-11-14-7-8-22-18-16(14)9-15(19)10-17(18)20/h2-7,9-10,12,21H,8,11H2,1H3. The number of fused-ring (bicyclic) bond motifs is 1. The summed E-state index contributed by atoms with van der Waals surface area (Å²) in [5, 5.41) is 4.72. The summed E-state index contributed by atoms with van der Waals surface area (Å²) < 4.78 is 5.64. The molecule has 1 atom stereocenters. The molecule has 1 heterocycles. The number of benzene rings is 2. The van der Waals surface area contributed by atoms with Gasteiger partial charge in [-0.3, -0.25) is 0 Å². The van der Waals surface area contributed by atoms with E-state index in [1.54, 1.807) is 6.07 Å². The van der Waals surface area contributed by atoms with Crippen LogP contribution in [0.4, 0.5) is 0 Å². The number of nitrogens with one attached hydrogen (secondary N) is 1. The van der Waals surface area contributed by atoms with Gasteiger partial charge in [0.05, 0.1) is 5.02 Å². The summed E-state index contributed by atoms with van der Waals surface area (Å²) in [6.07, 6.45) is 2.07. The molecular weight excluding hydrogens is 317 g/mol. The monoisotopic (exact) mass is 333 g/mol. The van der Waals surface area contributed by atoms with Crippen LogP contribution in [-0.4, -0.2) is 13.2 Å². The van der Waals surface area contributed by atoms with Gasteiger partial charge in [0.25, 0.3) is 0 Å². The molecule has 0 amide bonds. The molecule has 0 aromatic heterocycles. The zero-order valence-electron chi connectivity index (χ0n) is 12.3. The maximum atomic E-state index is 6.21. The van der Waals surface area contributed by atoms with E-state index in [1.165, 1.54) is 5.56 Å². The number of ether oxygens (including phenoxy) is 1. The van der Waals surface area contributed by atoms with Crippen molar-refractivity contribution in [3.05, 3.63) is 69.7 Å². The zero-order valence-corrected chi connectivity index (χ0v) is 13.8. The second-order valence-corrected chi connectivity index (χ2v) is 6.16. The highest BCUT2D eigenvalue weighted by Crippen LogP contribution is 2.38. The summed E-state index contributed by atoms with van der Waals surface area (Å²) in [6.45, 7) is 3.43. The fourth-order valence-electron chi connectivity index (χ4n) is 2.57. The van der Waals surface area contributed by atoms with Crippen molar-refractivity contribution in [2.45, 2.75) is 13.0 Å². The SMILES string of the molecule is CC(NCC1=CCOc2c(Cl)cc(Cl)cc21)c1ccccc1. The highest BCUT2D eigenvalue weighted by molar-refractivity contribution is 6.36. The molecule has 1 aliphatic rings. The van der Waals surface area contributed by atoms with Gasteiger partial charge in [0.2, 0.25) is 0 Å². The molecule has 2 aromatic carbocycles. The van der Waals surface area contributed by atoms with Crippen LogP contribution in [0.2, 0.25) is 10.0 Å². The van der Waals surface area contributed by atoms with E-state index in [2.05, 4.69) is 42.6 Å². The van der Waals surface area contributed by atoms with Crippen LogP contribution in [0.15, 0.2) is 48.5 Å². The first-order valence-corrected chi connectivity index (χ1v) is 8.00. The Morgan fingerprint density at radius 1 is 1.18 bits per heavy atom. The molecule has 0 fully saturated rings. The van der Waals surface area contributed by atoms with Crippen LogP contribution >= 0.6 is 23.2 Å². The molecule has 0 aliphatic carbocycles. The van der Waals surface area contributed by atoms with E-state index in [0.717, 1.165) is 23.4 Å². The minimum Gasteiger partial charge on any atom is -0.487 e. The molecule has 3 rings (SSSR count). The van der Waals surface area contributed by atoms with E-state index in [-0.39, 0.29) is 6.04 Å². The molecule has 114 valence electrons. The largest absolute Gasteiger partial charge is 0.487 e. The van der Waals surface area contributed by atoms with E-state index in [4.69, 9.17) is 27.9 Å². The van der Waals surface area contributed by atoms with Crippen molar-refractivity contribution >= 4 is 28.8 Å². The normalized spacial score (nSPS) is 14.8. The lowest BCUT2D eigenvalue weighted by molar-refractivity contribution is 0.357. The molecule has 0 spiro atoms. The van der Waals surface area contributed by atoms with Crippen molar-refractivity contribution in [2.24, 2.45) is 0 Å². The van der Waals surface area contributed by atoms with Gasteiger partial charge in [-0.15, -0.1) is 0 Å². The minimum atomic E-state index is 0.267. The summed E-state index contributed by atoms with van der Waals surface area (Å²) in [6, 6.07) is 14.3. The fourth-order valence-corrected chi connectivity index (χ4v) is 3.12. The van der Waals surface area contributed by atoms with Crippen molar-refractivity contribution in [3.8, 4) is 5.75 Å².